The highest BCUT2D eigenvalue weighted by Gasteiger charge is 2.29. The number of rotatable bonds is 5. The van der Waals surface area contributed by atoms with Crippen molar-refractivity contribution in [3.8, 4) is 5.75 Å². The van der Waals surface area contributed by atoms with E-state index < -0.39 is 19.0 Å². The van der Waals surface area contributed by atoms with Gasteiger partial charge >= 0.3 is 6.03 Å². The topological polar surface area (TPSA) is 68.2 Å². The van der Waals surface area contributed by atoms with Gasteiger partial charge in [0.1, 0.15) is 12.3 Å². The fourth-order valence-electron chi connectivity index (χ4n) is 2.73. The molecule has 128 valence electrons. The van der Waals surface area contributed by atoms with Gasteiger partial charge in [-0.1, -0.05) is 18.2 Å². The van der Waals surface area contributed by atoms with Crippen LogP contribution in [0.2, 0.25) is 0 Å². The quantitative estimate of drug-likeness (QED) is 0.882. The molecule has 3 rings (SSSR count). The number of carbonyl (C=O) groups excluding carboxylic acids is 1. The molecule has 2 heterocycles. The summed E-state index contributed by atoms with van der Waals surface area (Å²) in [6.45, 7) is 1.89. The van der Waals surface area contributed by atoms with Crippen molar-refractivity contribution in [2.75, 3.05) is 11.9 Å². The van der Waals surface area contributed by atoms with Crippen molar-refractivity contribution < 1.29 is 18.3 Å². The van der Waals surface area contributed by atoms with Gasteiger partial charge in [0.25, 0.3) is 6.43 Å². The number of fused-ring (bicyclic) bond motifs is 1. The zero-order chi connectivity index (χ0) is 17.1. The van der Waals surface area contributed by atoms with E-state index in [-0.39, 0.29) is 17.8 Å². The first-order chi connectivity index (χ1) is 11.5. The van der Waals surface area contributed by atoms with Crippen LogP contribution in [-0.4, -0.2) is 34.9 Å². The molecule has 0 saturated heterocycles. The average Bonchev–Trinajstić information content (AvgIpc) is 3.13. The van der Waals surface area contributed by atoms with E-state index in [2.05, 4.69) is 15.7 Å². The van der Waals surface area contributed by atoms with Gasteiger partial charge < -0.3 is 10.1 Å². The summed E-state index contributed by atoms with van der Waals surface area (Å²) in [7, 11) is 0. The number of nitrogens with zero attached hydrogens (tertiary/aromatic N) is 2. The monoisotopic (exact) mass is 336 g/mol. The minimum atomic E-state index is -2.49. The Morgan fingerprint density at radius 1 is 1.42 bits per heavy atom. The maximum absolute atomic E-state index is 12.3. The van der Waals surface area contributed by atoms with Gasteiger partial charge in [-0.25, -0.2) is 13.6 Å². The van der Waals surface area contributed by atoms with Crippen LogP contribution in [0.4, 0.5) is 19.4 Å². The first-order valence-electron chi connectivity index (χ1n) is 7.64. The predicted octanol–water partition coefficient (Wildman–Crippen LogP) is 2.83. The maximum Gasteiger partial charge on any atom is 0.320 e. The molecule has 1 aliphatic rings. The Hall–Kier alpha value is -2.64. The van der Waals surface area contributed by atoms with Gasteiger partial charge in [-0.3, -0.25) is 10.00 Å². The van der Waals surface area contributed by atoms with Crippen LogP contribution >= 0.6 is 0 Å². The summed E-state index contributed by atoms with van der Waals surface area (Å²) in [4.78, 5) is 12.1. The normalized spacial score (nSPS) is 17.2. The smallest absolute Gasteiger partial charge is 0.320 e. The Morgan fingerprint density at radius 3 is 3.00 bits per heavy atom. The summed E-state index contributed by atoms with van der Waals surface area (Å²) in [6.07, 6.45) is -1.10. The van der Waals surface area contributed by atoms with E-state index in [4.69, 9.17) is 4.74 Å². The summed E-state index contributed by atoms with van der Waals surface area (Å²) in [6, 6.07) is 8.60. The molecule has 1 aromatic heterocycles. The van der Waals surface area contributed by atoms with Crippen molar-refractivity contribution in [3.05, 3.63) is 42.1 Å². The molecule has 0 bridgehead atoms. The third-order valence-electron chi connectivity index (χ3n) is 3.91. The number of amides is 2. The average molecular weight is 336 g/mol. The summed E-state index contributed by atoms with van der Waals surface area (Å²) >= 11 is 0. The summed E-state index contributed by atoms with van der Waals surface area (Å²) in [5.74, 6) is 1.12. The molecule has 2 atom stereocenters. The SMILES string of the molecule is C[C@@H](NC(=O)Nc1ccn(CC(F)F)n1)[C@H]1COc2ccccc21. The van der Waals surface area contributed by atoms with Crippen LogP contribution in [0.3, 0.4) is 0 Å². The predicted molar refractivity (Wildman–Crippen MR) is 84.5 cm³/mol. The number of carbonyl (C=O) groups is 1. The number of urea groups is 1. The van der Waals surface area contributed by atoms with E-state index in [1.54, 1.807) is 0 Å². The Morgan fingerprint density at radius 2 is 2.21 bits per heavy atom. The molecule has 6 nitrogen and oxygen atoms in total. The first kappa shape index (κ1) is 16.2. The van der Waals surface area contributed by atoms with Crippen LogP contribution in [0.25, 0.3) is 0 Å². The molecule has 0 fully saturated rings. The Balaban J connectivity index is 1.56. The standard InChI is InChI=1S/C16H18F2N4O2/c1-10(12-9-24-13-5-3-2-4-11(12)13)19-16(23)20-15-6-7-22(21-15)8-14(17)18/h2-7,10,12,14H,8-9H2,1H3,(H2,19,20,21,23)/t10-,12-/m1/s1. The number of hydrogen-bond acceptors (Lipinski definition) is 3. The van der Waals surface area contributed by atoms with Gasteiger partial charge in [0.2, 0.25) is 0 Å². The van der Waals surface area contributed by atoms with E-state index in [9.17, 15) is 13.6 Å². The Kier molecular flexibility index (Phi) is 4.64. The fraction of sp³-hybridized carbons (Fsp3) is 0.375. The van der Waals surface area contributed by atoms with Gasteiger partial charge in [0.05, 0.1) is 6.61 Å². The van der Waals surface area contributed by atoms with Crippen LogP contribution in [0.1, 0.15) is 18.4 Å². The molecule has 1 aromatic carbocycles. The third-order valence-corrected chi connectivity index (χ3v) is 3.91. The Labute approximate surface area is 137 Å². The lowest BCUT2D eigenvalue weighted by Gasteiger charge is -2.19. The van der Waals surface area contributed by atoms with E-state index >= 15 is 0 Å². The molecule has 0 aliphatic carbocycles. The van der Waals surface area contributed by atoms with E-state index in [1.165, 1.54) is 12.3 Å². The summed E-state index contributed by atoms with van der Waals surface area (Å²) in [5, 5.41) is 9.25. The maximum atomic E-state index is 12.3. The second-order valence-electron chi connectivity index (χ2n) is 5.66. The number of anilines is 1. The number of nitrogens with one attached hydrogen (secondary N) is 2. The van der Waals surface area contributed by atoms with Gasteiger partial charge in [-0.15, -0.1) is 0 Å². The van der Waals surface area contributed by atoms with Crippen LogP contribution in [0.15, 0.2) is 36.5 Å². The molecule has 2 N–H and O–H groups in total. The molecule has 2 amide bonds. The van der Waals surface area contributed by atoms with Crippen molar-refractivity contribution in [2.45, 2.75) is 31.9 Å². The van der Waals surface area contributed by atoms with Crippen molar-refractivity contribution in [1.29, 1.82) is 0 Å². The number of hydrogen-bond donors (Lipinski definition) is 2. The van der Waals surface area contributed by atoms with Crippen molar-refractivity contribution in [2.24, 2.45) is 0 Å². The molecule has 8 heteroatoms. The van der Waals surface area contributed by atoms with Gasteiger partial charge in [0.15, 0.2) is 5.82 Å². The van der Waals surface area contributed by atoms with Crippen LogP contribution in [0, 0.1) is 0 Å². The number of aromatic nitrogens is 2. The molecule has 0 unspecified atom stereocenters. The van der Waals surface area contributed by atoms with E-state index in [1.807, 2.05) is 31.2 Å². The first-order valence-corrected chi connectivity index (χ1v) is 7.64. The van der Waals surface area contributed by atoms with E-state index in [0.29, 0.717) is 6.61 Å². The van der Waals surface area contributed by atoms with E-state index in [0.717, 1.165) is 16.0 Å². The number of ether oxygens (including phenoxy) is 1. The van der Waals surface area contributed by atoms with Crippen molar-refractivity contribution in [3.63, 3.8) is 0 Å². The molecule has 1 aliphatic heterocycles. The second-order valence-corrected chi connectivity index (χ2v) is 5.66. The van der Waals surface area contributed by atoms with Crippen LogP contribution in [0.5, 0.6) is 5.75 Å². The number of benzene rings is 1. The highest BCUT2D eigenvalue weighted by Crippen LogP contribution is 2.35. The summed E-state index contributed by atoms with van der Waals surface area (Å²) in [5.41, 5.74) is 1.06. The van der Waals surface area contributed by atoms with Gasteiger partial charge in [-0.05, 0) is 13.0 Å². The van der Waals surface area contributed by atoms with Gasteiger partial charge in [-0.2, -0.15) is 5.10 Å². The minimum absolute atomic E-state index is 0.0586. The van der Waals surface area contributed by atoms with Gasteiger partial charge in [0, 0.05) is 29.8 Å². The lowest BCUT2D eigenvalue weighted by Crippen LogP contribution is -2.40. The largest absolute Gasteiger partial charge is 0.493 e. The molecule has 0 spiro atoms. The lowest BCUT2D eigenvalue weighted by molar-refractivity contribution is 0.122. The zero-order valence-corrected chi connectivity index (χ0v) is 13.1. The zero-order valence-electron chi connectivity index (χ0n) is 13.1. The molecular weight excluding hydrogens is 318 g/mol. The second kappa shape index (κ2) is 6.86. The van der Waals surface area contributed by atoms with Crippen LogP contribution < -0.4 is 15.4 Å². The fourth-order valence-corrected chi connectivity index (χ4v) is 2.73. The number of halogens is 2. The third kappa shape index (κ3) is 3.64. The molecule has 2 aromatic rings. The molecule has 24 heavy (non-hydrogen) atoms. The molecule has 0 saturated carbocycles. The lowest BCUT2D eigenvalue weighted by atomic mass is 9.94. The number of alkyl halides is 2. The minimum Gasteiger partial charge on any atom is -0.493 e. The van der Waals surface area contributed by atoms with Crippen molar-refractivity contribution in [1.82, 2.24) is 15.1 Å². The summed E-state index contributed by atoms with van der Waals surface area (Å²) < 4.78 is 31.3. The highest BCUT2D eigenvalue weighted by atomic mass is 19.3. The Bertz CT molecular complexity index is 720. The van der Waals surface area contributed by atoms with Crippen LogP contribution in [-0.2, 0) is 6.54 Å². The molecule has 0 radical (unpaired) electrons. The van der Waals surface area contributed by atoms with Crippen molar-refractivity contribution >= 4 is 11.8 Å². The molecular formula is C16H18F2N4O2. The highest BCUT2D eigenvalue weighted by molar-refractivity contribution is 5.88. The number of para-hydroxylation sites is 1.